The predicted octanol–water partition coefficient (Wildman–Crippen LogP) is 1.49. The van der Waals surface area contributed by atoms with Gasteiger partial charge in [-0.15, -0.1) is 0 Å². The summed E-state index contributed by atoms with van der Waals surface area (Å²) < 4.78 is 13.1. The molecule has 1 aliphatic rings. The molecular weight excluding hydrogens is 225 g/mol. The van der Waals surface area contributed by atoms with Crippen LogP contribution in [0.25, 0.3) is 0 Å². The Bertz CT molecular complexity index is 353. The minimum Gasteiger partial charge on any atom is -0.355 e. The first-order chi connectivity index (χ1) is 7.81. The molecule has 0 unspecified atom stereocenters. The summed E-state index contributed by atoms with van der Waals surface area (Å²) in [6.07, 6.45) is 1.30. The summed E-state index contributed by atoms with van der Waals surface area (Å²) >= 11 is 1.96. The third-order valence-electron chi connectivity index (χ3n) is 2.59. The Hall–Kier alpha value is -0.810. The summed E-state index contributed by atoms with van der Waals surface area (Å²) in [4.78, 5) is 6.46. The van der Waals surface area contributed by atoms with Crippen LogP contribution in [0.4, 0.5) is 10.2 Å². The molecule has 5 heteroatoms. The zero-order valence-electron chi connectivity index (χ0n) is 9.37. The number of halogens is 1. The molecule has 0 radical (unpaired) electrons. The number of aromatic nitrogens is 1. The largest absolute Gasteiger partial charge is 0.355 e. The molecule has 0 bridgehead atoms. The molecule has 0 atom stereocenters. The number of nitrogens with one attached hydrogen (secondary N) is 1. The minimum absolute atomic E-state index is 0.264. The normalized spacial score (nSPS) is 16.5. The molecule has 16 heavy (non-hydrogen) atoms. The van der Waals surface area contributed by atoms with Gasteiger partial charge in [-0.3, -0.25) is 0 Å². The van der Waals surface area contributed by atoms with E-state index in [2.05, 4.69) is 15.2 Å². The van der Waals surface area contributed by atoms with E-state index in [0.29, 0.717) is 6.54 Å². The summed E-state index contributed by atoms with van der Waals surface area (Å²) in [5.74, 6) is 2.91. The number of thioether (sulfide) groups is 1. The fraction of sp³-hybridized carbons (Fsp3) is 0.545. The first-order valence-corrected chi connectivity index (χ1v) is 6.58. The first kappa shape index (κ1) is 11.7. The van der Waals surface area contributed by atoms with Gasteiger partial charge in [-0.2, -0.15) is 11.8 Å². The average Bonchev–Trinajstić information content (AvgIpc) is 2.31. The minimum atomic E-state index is -0.264. The van der Waals surface area contributed by atoms with Gasteiger partial charge in [0.15, 0.2) is 0 Å². The Kier molecular flexibility index (Phi) is 4.01. The number of rotatable bonds is 3. The van der Waals surface area contributed by atoms with Crippen molar-refractivity contribution >= 4 is 17.6 Å². The van der Waals surface area contributed by atoms with Gasteiger partial charge < -0.3 is 10.2 Å². The molecule has 1 aromatic rings. The maximum atomic E-state index is 13.1. The maximum Gasteiger partial charge on any atom is 0.141 e. The Labute approximate surface area is 99.4 Å². The lowest BCUT2D eigenvalue weighted by Crippen LogP contribution is -2.34. The van der Waals surface area contributed by atoms with Crippen molar-refractivity contribution in [2.24, 2.45) is 0 Å². The third kappa shape index (κ3) is 2.65. The van der Waals surface area contributed by atoms with Gasteiger partial charge in [0.25, 0.3) is 0 Å². The van der Waals surface area contributed by atoms with Crippen molar-refractivity contribution in [3.8, 4) is 0 Å². The molecule has 0 saturated carbocycles. The number of anilines is 1. The number of hydrogen-bond acceptors (Lipinski definition) is 4. The highest BCUT2D eigenvalue weighted by Crippen LogP contribution is 2.21. The average molecular weight is 241 g/mol. The van der Waals surface area contributed by atoms with Gasteiger partial charge >= 0.3 is 0 Å². The molecule has 0 spiro atoms. The van der Waals surface area contributed by atoms with E-state index in [1.807, 2.05) is 18.8 Å². The molecule has 2 heterocycles. The molecule has 1 N–H and O–H groups in total. The fourth-order valence-electron chi connectivity index (χ4n) is 1.85. The van der Waals surface area contributed by atoms with E-state index < -0.39 is 0 Å². The Morgan fingerprint density at radius 3 is 2.94 bits per heavy atom. The van der Waals surface area contributed by atoms with E-state index in [1.54, 1.807) is 6.07 Å². The van der Waals surface area contributed by atoms with Crippen molar-refractivity contribution in [1.29, 1.82) is 0 Å². The fourth-order valence-corrected chi connectivity index (χ4v) is 2.76. The van der Waals surface area contributed by atoms with Crippen LogP contribution in [-0.4, -0.2) is 36.6 Å². The van der Waals surface area contributed by atoms with Gasteiger partial charge in [-0.1, -0.05) is 0 Å². The highest BCUT2D eigenvalue weighted by atomic mass is 32.2. The quantitative estimate of drug-likeness (QED) is 0.868. The lowest BCUT2D eigenvalue weighted by atomic mass is 10.2. The van der Waals surface area contributed by atoms with Crippen molar-refractivity contribution in [1.82, 2.24) is 10.3 Å². The second kappa shape index (κ2) is 5.50. The Morgan fingerprint density at radius 2 is 2.25 bits per heavy atom. The molecule has 3 nitrogen and oxygen atoms in total. The van der Waals surface area contributed by atoms with Gasteiger partial charge in [0.05, 0.1) is 6.20 Å². The summed E-state index contributed by atoms with van der Waals surface area (Å²) in [6, 6.07) is 1.57. The van der Waals surface area contributed by atoms with E-state index in [4.69, 9.17) is 0 Å². The maximum absolute atomic E-state index is 13.1. The SMILES string of the molecule is CNCc1cc(F)cnc1N1CCSCC1. The zero-order valence-corrected chi connectivity index (χ0v) is 10.2. The first-order valence-electron chi connectivity index (χ1n) is 5.43. The molecule has 1 fully saturated rings. The standard InChI is InChI=1S/C11H16FN3S/c1-13-7-9-6-10(12)8-14-11(9)15-2-4-16-5-3-15/h6,8,13H,2-5,7H2,1H3. The third-order valence-corrected chi connectivity index (χ3v) is 3.53. The number of nitrogens with zero attached hydrogens (tertiary/aromatic N) is 2. The van der Waals surface area contributed by atoms with Crippen molar-refractivity contribution < 1.29 is 4.39 Å². The Balaban J connectivity index is 2.23. The van der Waals surface area contributed by atoms with E-state index in [0.717, 1.165) is 36.0 Å². The summed E-state index contributed by atoms with van der Waals surface area (Å²) in [7, 11) is 1.86. The highest BCUT2D eigenvalue weighted by Gasteiger charge is 2.16. The topological polar surface area (TPSA) is 28.2 Å². The molecule has 0 aliphatic carbocycles. The van der Waals surface area contributed by atoms with Crippen molar-refractivity contribution in [2.45, 2.75) is 6.54 Å². The van der Waals surface area contributed by atoms with Crippen molar-refractivity contribution in [2.75, 3.05) is 36.5 Å². The number of hydrogen-bond donors (Lipinski definition) is 1. The molecule has 1 saturated heterocycles. The van der Waals surface area contributed by atoms with Crippen molar-refractivity contribution in [3.05, 3.63) is 23.6 Å². The van der Waals surface area contributed by atoms with Crippen LogP contribution in [0, 0.1) is 5.82 Å². The van der Waals surface area contributed by atoms with Crippen molar-refractivity contribution in [3.63, 3.8) is 0 Å². The van der Waals surface area contributed by atoms with Crippen LogP contribution in [0.15, 0.2) is 12.3 Å². The van der Waals surface area contributed by atoms with E-state index >= 15 is 0 Å². The summed E-state index contributed by atoms with van der Waals surface area (Å²) in [5, 5.41) is 3.05. The van der Waals surface area contributed by atoms with Crippen LogP contribution in [0.3, 0.4) is 0 Å². The molecule has 88 valence electrons. The lowest BCUT2D eigenvalue weighted by Gasteiger charge is -2.29. The van der Waals surface area contributed by atoms with Crippen LogP contribution in [0.2, 0.25) is 0 Å². The number of pyridine rings is 1. The molecule has 1 aromatic heterocycles. The Morgan fingerprint density at radius 1 is 1.50 bits per heavy atom. The highest BCUT2D eigenvalue weighted by molar-refractivity contribution is 7.99. The second-order valence-corrected chi connectivity index (χ2v) is 4.99. The lowest BCUT2D eigenvalue weighted by molar-refractivity contribution is 0.615. The van der Waals surface area contributed by atoms with Gasteiger partial charge in [0, 0.05) is 36.7 Å². The smallest absolute Gasteiger partial charge is 0.141 e. The monoisotopic (exact) mass is 241 g/mol. The van der Waals surface area contributed by atoms with Gasteiger partial charge in [-0.25, -0.2) is 9.37 Å². The molecular formula is C11H16FN3S. The zero-order chi connectivity index (χ0) is 11.4. The van der Waals surface area contributed by atoms with Crippen LogP contribution < -0.4 is 10.2 Å². The van der Waals surface area contributed by atoms with Gasteiger partial charge in [-0.05, 0) is 13.1 Å². The second-order valence-electron chi connectivity index (χ2n) is 3.77. The molecule has 2 rings (SSSR count). The summed E-state index contributed by atoms with van der Waals surface area (Å²) in [5.41, 5.74) is 0.939. The van der Waals surface area contributed by atoms with E-state index in [1.165, 1.54) is 6.20 Å². The molecule has 0 aromatic carbocycles. The predicted molar refractivity (Wildman–Crippen MR) is 66.5 cm³/mol. The van der Waals surface area contributed by atoms with E-state index in [-0.39, 0.29) is 5.82 Å². The van der Waals surface area contributed by atoms with Crippen LogP contribution in [-0.2, 0) is 6.54 Å². The molecule has 0 amide bonds. The molecule has 1 aliphatic heterocycles. The van der Waals surface area contributed by atoms with Crippen LogP contribution >= 0.6 is 11.8 Å². The van der Waals surface area contributed by atoms with E-state index in [9.17, 15) is 4.39 Å². The van der Waals surface area contributed by atoms with Crippen LogP contribution in [0.1, 0.15) is 5.56 Å². The van der Waals surface area contributed by atoms with Crippen LogP contribution in [0.5, 0.6) is 0 Å². The van der Waals surface area contributed by atoms with Gasteiger partial charge in [0.2, 0.25) is 0 Å². The van der Waals surface area contributed by atoms with Gasteiger partial charge in [0.1, 0.15) is 11.6 Å². The summed E-state index contributed by atoms with van der Waals surface area (Å²) in [6.45, 7) is 2.66.